The summed E-state index contributed by atoms with van der Waals surface area (Å²) in [7, 11) is -3.60. The zero-order valence-corrected chi connectivity index (χ0v) is 19.7. The zero-order valence-electron chi connectivity index (χ0n) is 18.9. The Hall–Kier alpha value is -2.76. The molecule has 1 aromatic carbocycles. The Morgan fingerprint density at radius 2 is 2.00 bits per heavy atom. The molecule has 3 aromatic rings. The second-order valence-corrected chi connectivity index (χ2v) is 10.00. The van der Waals surface area contributed by atoms with Gasteiger partial charge in [-0.25, -0.2) is 13.4 Å². The van der Waals surface area contributed by atoms with Gasteiger partial charge in [-0.2, -0.15) is 4.31 Å². The molecule has 0 aliphatic carbocycles. The predicted octanol–water partition coefficient (Wildman–Crippen LogP) is 2.01. The number of sulfonamides is 1. The normalized spacial score (nSPS) is 15.2. The summed E-state index contributed by atoms with van der Waals surface area (Å²) in [6.45, 7) is 6.40. The number of ether oxygens (including phenoxy) is 1. The van der Waals surface area contributed by atoms with Gasteiger partial charge in [-0.1, -0.05) is 12.1 Å². The zero-order chi connectivity index (χ0) is 23.4. The monoisotopic (exact) mass is 475 g/mol. The minimum atomic E-state index is -3.60. The predicted molar refractivity (Wildman–Crippen MR) is 121 cm³/mol. The van der Waals surface area contributed by atoms with Crippen LogP contribution in [0.15, 0.2) is 33.7 Å². The van der Waals surface area contributed by atoms with Crippen molar-refractivity contribution in [2.45, 2.75) is 51.1 Å². The molecule has 1 aliphatic rings. The molecule has 10 nitrogen and oxygen atoms in total. The summed E-state index contributed by atoms with van der Waals surface area (Å²) in [6.07, 6.45) is 1.60. The van der Waals surface area contributed by atoms with E-state index in [9.17, 15) is 13.2 Å². The van der Waals surface area contributed by atoms with Gasteiger partial charge in [-0.15, -0.1) is 0 Å². The molecule has 1 fully saturated rings. The summed E-state index contributed by atoms with van der Waals surface area (Å²) in [4.78, 5) is 17.3. The van der Waals surface area contributed by atoms with Gasteiger partial charge in [0, 0.05) is 38.5 Å². The first kappa shape index (κ1) is 23.4. The number of carbonyl (C=O) groups is 1. The third-order valence-corrected chi connectivity index (χ3v) is 7.46. The number of nitrogens with one attached hydrogen (secondary N) is 1. The van der Waals surface area contributed by atoms with E-state index in [1.54, 1.807) is 24.3 Å². The van der Waals surface area contributed by atoms with Gasteiger partial charge in [0.25, 0.3) is 0 Å². The molecule has 0 unspecified atom stereocenters. The summed E-state index contributed by atoms with van der Waals surface area (Å²) in [5.41, 5.74) is 2.25. The highest BCUT2D eigenvalue weighted by atomic mass is 32.2. The number of imidazole rings is 1. The minimum absolute atomic E-state index is 0.116. The van der Waals surface area contributed by atoms with Crippen LogP contribution in [-0.2, 0) is 39.1 Å². The molecule has 4 rings (SSSR count). The first-order valence-electron chi connectivity index (χ1n) is 11.1. The van der Waals surface area contributed by atoms with E-state index >= 15 is 0 Å². The number of fused-ring (bicyclic) bond motifs is 1. The molecule has 11 heteroatoms. The van der Waals surface area contributed by atoms with Gasteiger partial charge in [-0.3, -0.25) is 4.79 Å². The van der Waals surface area contributed by atoms with Crippen LogP contribution in [0.3, 0.4) is 0 Å². The van der Waals surface area contributed by atoms with E-state index in [2.05, 4.69) is 22.0 Å². The molecule has 0 bridgehead atoms. The summed E-state index contributed by atoms with van der Waals surface area (Å²) in [5.74, 6) is 1.25. The quantitative estimate of drug-likeness (QED) is 0.503. The van der Waals surface area contributed by atoms with E-state index in [1.807, 2.05) is 6.92 Å². The van der Waals surface area contributed by atoms with Crippen LogP contribution < -0.4 is 5.32 Å². The topological polar surface area (TPSA) is 120 Å². The van der Waals surface area contributed by atoms with Crippen molar-refractivity contribution in [3.05, 3.63) is 41.5 Å². The fraction of sp³-hybridized carbons (Fsp3) is 0.500. The van der Waals surface area contributed by atoms with Crippen LogP contribution in [-0.4, -0.2) is 59.6 Å². The molecule has 1 N–H and O–H groups in total. The highest BCUT2D eigenvalue weighted by Gasteiger charge is 2.27. The van der Waals surface area contributed by atoms with Gasteiger partial charge in [0.1, 0.15) is 5.82 Å². The molecule has 3 heterocycles. The van der Waals surface area contributed by atoms with Crippen LogP contribution in [0, 0.1) is 6.92 Å². The standard InChI is InChI=1S/C22H29N5O5S/c1-3-8-27-20-5-4-18(33(29,30)26-9-11-31-12-10-26)14-19(20)24-21(27)6-7-22(28)23-15-17-13-16(2)25-32-17/h4-5,13-14H,3,6-12,15H2,1-2H3,(H,23,28). The van der Waals surface area contributed by atoms with Gasteiger partial charge in [-0.05, 0) is 31.5 Å². The molecule has 0 saturated carbocycles. The van der Waals surface area contributed by atoms with Crippen LogP contribution in [0.1, 0.15) is 37.0 Å². The second-order valence-electron chi connectivity index (χ2n) is 8.06. The molecule has 1 aliphatic heterocycles. The third kappa shape index (κ3) is 5.26. The van der Waals surface area contributed by atoms with Crippen LogP contribution in [0.2, 0.25) is 0 Å². The summed E-state index contributed by atoms with van der Waals surface area (Å²) < 4.78 is 39.9. The highest BCUT2D eigenvalue weighted by Crippen LogP contribution is 2.24. The van der Waals surface area contributed by atoms with Gasteiger partial charge in [0.2, 0.25) is 15.9 Å². The summed E-state index contributed by atoms with van der Waals surface area (Å²) >= 11 is 0. The Morgan fingerprint density at radius 3 is 2.70 bits per heavy atom. The molecule has 1 saturated heterocycles. The van der Waals surface area contributed by atoms with Gasteiger partial charge >= 0.3 is 0 Å². The number of amides is 1. The first-order chi connectivity index (χ1) is 15.9. The van der Waals surface area contributed by atoms with Gasteiger partial charge in [0.15, 0.2) is 5.76 Å². The second kappa shape index (κ2) is 10.0. The number of benzene rings is 1. The Bertz CT molecular complexity index is 1230. The average Bonchev–Trinajstić information content (AvgIpc) is 3.39. The minimum Gasteiger partial charge on any atom is -0.379 e. The van der Waals surface area contributed by atoms with Crippen molar-refractivity contribution in [2.24, 2.45) is 0 Å². The van der Waals surface area contributed by atoms with E-state index in [0.29, 0.717) is 44.0 Å². The molecule has 0 atom stereocenters. The fourth-order valence-electron chi connectivity index (χ4n) is 3.92. The Kier molecular flexibility index (Phi) is 7.11. The number of aromatic nitrogens is 3. The first-order valence-corrected chi connectivity index (χ1v) is 12.6. The number of nitrogens with zero attached hydrogens (tertiary/aromatic N) is 4. The fourth-order valence-corrected chi connectivity index (χ4v) is 5.35. The van der Waals surface area contributed by atoms with E-state index in [1.165, 1.54) is 4.31 Å². The van der Waals surface area contributed by atoms with Crippen molar-refractivity contribution < 1.29 is 22.5 Å². The van der Waals surface area contributed by atoms with E-state index in [0.717, 1.165) is 30.0 Å². The lowest BCUT2D eigenvalue weighted by Crippen LogP contribution is -2.40. The van der Waals surface area contributed by atoms with Crippen molar-refractivity contribution in [3.8, 4) is 0 Å². The van der Waals surface area contributed by atoms with Crippen molar-refractivity contribution in [1.29, 1.82) is 0 Å². The maximum absolute atomic E-state index is 13.0. The molecule has 1 amide bonds. The maximum atomic E-state index is 13.0. The lowest BCUT2D eigenvalue weighted by atomic mass is 10.2. The molecule has 0 spiro atoms. The molecular formula is C22H29N5O5S. The number of hydrogen-bond donors (Lipinski definition) is 1. The van der Waals surface area contributed by atoms with E-state index in [4.69, 9.17) is 14.2 Å². The number of hydrogen-bond acceptors (Lipinski definition) is 7. The number of aryl methyl sites for hydroxylation is 3. The molecule has 33 heavy (non-hydrogen) atoms. The van der Waals surface area contributed by atoms with Crippen molar-refractivity contribution in [3.63, 3.8) is 0 Å². The number of rotatable bonds is 9. The summed E-state index contributed by atoms with van der Waals surface area (Å²) in [5, 5.41) is 6.64. The maximum Gasteiger partial charge on any atom is 0.243 e. The van der Waals surface area contributed by atoms with Gasteiger partial charge in [0.05, 0.1) is 41.4 Å². The smallest absolute Gasteiger partial charge is 0.243 e. The lowest BCUT2D eigenvalue weighted by molar-refractivity contribution is -0.121. The highest BCUT2D eigenvalue weighted by molar-refractivity contribution is 7.89. The largest absolute Gasteiger partial charge is 0.379 e. The Labute approximate surface area is 192 Å². The molecular weight excluding hydrogens is 446 g/mol. The number of carbonyl (C=O) groups excluding carboxylic acids is 1. The Morgan fingerprint density at radius 1 is 1.21 bits per heavy atom. The molecule has 2 aromatic heterocycles. The van der Waals surface area contributed by atoms with Crippen LogP contribution in [0.4, 0.5) is 0 Å². The van der Waals surface area contributed by atoms with Crippen LogP contribution in [0.25, 0.3) is 11.0 Å². The van der Waals surface area contributed by atoms with E-state index in [-0.39, 0.29) is 23.8 Å². The molecule has 178 valence electrons. The lowest BCUT2D eigenvalue weighted by Gasteiger charge is -2.26. The van der Waals surface area contributed by atoms with Gasteiger partial charge < -0.3 is 19.1 Å². The van der Waals surface area contributed by atoms with Crippen molar-refractivity contribution >= 4 is 27.0 Å². The van der Waals surface area contributed by atoms with Crippen LogP contribution >= 0.6 is 0 Å². The average molecular weight is 476 g/mol. The third-order valence-electron chi connectivity index (χ3n) is 5.57. The van der Waals surface area contributed by atoms with Crippen LogP contribution in [0.5, 0.6) is 0 Å². The van der Waals surface area contributed by atoms with E-state index < -0.39 is 10.0 Å². The van der Waals surface area contributed by atoms with Crippen molar-refractivity contribution in [2.75, 3.05) is 26.3 Å². The Balaban J connectivity index is 1.50. The summed E-state index contributed by atoms with van der Waals surface area (Å²) in [6, 6.07) is 6.85. The van der Waals surface area contributed by atoms with Crippen molar-refractivity contribution in [1.82, 2.24) is 24.3 Å². The molecule has 0 radical (unpaired) electrons. The number of morpholine rings is 1. The SMILES string of the molecule is CCCn1c(CCC(=O)NCc2cc(C)no2)nc2cc(S(=O)(=O)N3CCOCC3)ccc21.